The summed E-state index contributed by atoms with van der Waals surface area (Å²) in [7, 11) is 0. The Labute approximate surface area is 205 Å². The molecule has 2 aliphatic rings. The number of carbonyl (C=O) groups is 1. The van der Waals surface area contributed by atoms with Crippen LogP contribution in [0.5, 0.6) is 11.5 Å². The molecule has 1 aliphatic carbocycles. The fourth-order valence-electron chi connectivity index (χ4n) is 4.55. The molecule has 1 fully saturated rings. The molecule has 0 bridgehead atoms. The van der Waals surface area contributed by atoms with Gasteiger partial charge in [-0.05, 0) is 37.1 Å². The van der Waals surface area contributed by atoms with Crippen LogP contribution in [0, 0.1) is 0 Å². The minimum absolute atomic E-state index is 0.113. The van der Waals surface area contributed by atoms with Gasteiger partial charge in [-0.15, -0.1) is 8.78 Å². The highest BCUT2D eigenvalue weighted by Gasteiger charge is 2.44. The first-order valence-electron chi connectivity index (χ1n) is 11.5. The lowest BCUT2D eigenvalue weighted by atomic mass is 10.1. The van der Waals surface area contributed by atoms with E-state index in [1.165, 1.54) is 29.4 Å². The van der Waals surface area contributed by atoms with Gasteiger partial charge in [-0.25, -0.2) is 14.6 Å². The Bertz CT molecular complexity index is 1770. The Morgan fingerprint density at radius 3 is 2.73 bits per heavy atom. The third kappa shape index (κ3) is 3.58. The van der Waals surface area contributed by atoms with Crippen LogP contribution in [-0.2, 0) is 11.3 Å². The van der Waals surface area contributed by atoms with E-state index < -0.39 is 17.8 Å². The molecule has 1 amide bonds. The molecule has 0 spiro atoms. The van der Waals surface area contributed by atoms with Crippen molar-refractivity contribution < 1.29 is 23.0 Å². The number of hydrogen-bond acceptors (Lipinski definition) is 7. The van der Waals surface area contributed by atoms with Gasteiger partial charge in [0.2, 0.25) is 5.91 Å². The number of aromatic nitrogens is 6. The molecule has 186 valence electrons. The zero-order valence-corrected chi connectivity index (χ0v) is 18.9. The number of H-pyrrole nitrogens is 2. The van der Waals surface area contributed by atoms with E-state index in [1.54, 1.807) is 6.33 Å². The second-order valence-corrected chi connectivity index (χ2v) is 8.87. The minimum atomic E-state index is -3.76. The molecule has 1 saturated carbocycles. The van der Waals surface area contributed by atoms with Gasteiger partial charge in [-0.1, -0.05) is 6.07 Å². The van der Waals surface area contributed by atoms with Gasteiger partial charge in [0.15, 0.2) is 11.5 Å². The molecule has 0 atom stereocenters. The van der Waals surface area contributed by atoms with E-state index in [0.29, 0.717) is 22.5 Å². The predicted octanol–water partition coefficient (Wildman–Crippen LogP) is 3.18. The van der Waals surface area contributed by atoms with Crippen molar-refractivity contribution in [3.8, 4) is 22.8 Å². The maximum Gasteiger partial charge on any atom is 0.586 e. The zero-order chi connectivity index (χ0) is 25.3. The van der Waals surface area contributed by atoms with E-state index in [9.17, 15) is 18.4 Å². The van der Waals surface area contributed by atoms with Gasteiger partial charge in [0.05, 0.1) is 23.7 Å². The number of halogens is 2. The SMILES string of the molecule is O=C(Cn1nc(-c2ccc3nc[nH]c3c2)c2nc[nH]c2c1=O)N(c1ccc2c(c1)OC(F)(F)O2)C1CC1. The van der Waals surface area contributed by atoms with Crippen LogP contribution in [0.1, 0.15) is 12.8 Å². The Kier molecular flexibility index (Phi) is 4.41. The van der Waals surface area contributed by atoms with Crippen molar-refractivity contribution in [3.63, 3.8) is 0 Å². The number of aromatic amines is 2. The smallest absolute Gasteiger partial charge is 0.395 e. The average molecular weight is 505 g/mol. The van der Waals surface area contributed by atoms with E-state index in [2.05, 4.69) is 34.5 Å². The van der Waals surface area contributed by atoms with Gasteiger partial charge in [0, 0.05) is 23.4 Å². The van der Waals surface area contributed by atoms with Gasteiger partial charge in [-0.2, -0.15) is 5.10 Å². The molecule has 1 aliphatic heterocycles. The summed E-state index contributed by atoms with van der Waals surface area (Å²) in [5, 5.41) is 4.50. The first-order valence-corrected chi connectivity index (χ1v) is 11.5. The van der Waals surface area contributed by atoms with Crippen molar-refractivity contribution in [2.45, 2.75) is 31.7 Å². The van der Waals surface area contributed by atoms with Gasteiger partial charge >= 0.3 is 6.29 Å². The molecular weight excluding hydrogens is 488 g/mol. The number of amides is 1. The van der Waals surface area contributed by atoms with Gasteiger partial charge < -0.3 is 24.3 Å². The van der Waals surface area contributed by atoms with Crippen LogP contribution < -0.4 is 19.9 Å². The maximum absolute atomic E-state index is 13.5. The normalized spacial score (nSPS) is 15.9. The monoisotopic (exact) mass is 505 g/mol. The lowest BCUT2D eigenvalue weighted by Crippen LogP contribution is -2.39. The quantitative estimate of drug-likeness (QED) is 0.375. The van der Waals surface area contributed by atoms with Crippen molar-refractivity contribution in [2.24, 2.45) is 0 Å². The van der Waals surface area contributed by atoms with Crippen molar-refractivity contribution in [3.05, 3.63) is 59.4 Å². The molecule has 0 unspecified atom stereocenters. The number of carbonyl (C=O) groups excluding carboxylic acids is 1. The highest BCUT2D eigenvalue weighted by Crippen LogP contribution is 2.44. The zero-order valence-electron chi connectivity index (χ0n) is 18.9. The molecule has 7 rings (SSSR count). The lowest BCUT2D eigenvalue weighted by molar-refractivity contribution is -0.286. The number of hydrogen-bond donors (Lipinski definition) is 2. The van der Waals surface area contributed by atoms with E-state index in [0.717, 1.165) is 28.6 Å². The molecule has 13 heteroatoms. The maximum atomic E-state index is 13.5. The minimum Gasteiger partial charge on any atom is -0.395 e. The molecule has 11 nitrogen and oxygen atoms in total. The fourth-order valence-corrected chi connectivity index (χ4v) is 4.55. The van der Waals surface area contributed by atoms with E-state index in [-0.39, 0.29) is 29.6 Å². The van der Waals surface area contributed by atoms with Gasteiger partial charge in [-0.3, -0.25) is 9.59 Å². The predicted molar refractivity (Wildman–Crippen MR) is 126 cm³/mol. The fraction of sp³-hybridized carbons (Fsp3) is 0.208. The summed E-state index contributed by atoms with van der Waals surface area (Å²) in [6.45, 7) is -0.367. The van der Waals surface area contributed by atoms with Crippen LogP contribution >= 0.6 is 0 Å². The number of fused-ring (bicyclic) bond motifs is 3. The molecule has 2 aromatic carbocycles. The molecular formula is C24H17F2N7O4. The van der Waals surface area contributed by atoms with Crippen molar-refractivity contribution in [1.29, 1.82) is 0 Å². The Balaban J connectivity index is 1.26. The van der Waals surface area contributed by atoms with Crippen LogP contribution in [0.3, 0.4) is 0 Å². The van der Waals surface area contributed by atoms with Crippen molar-refractivity contribution >= 4 is 33.7 Å². The summed E-state index contributed by atoms with van der Waals surface area (Å²) in [6, 6.07) is 9.54. The van der Waals surface area contributed by atoms with Crippen molar-refractivity contribution in [1.82, 2.24) is 29.7 Å². The number of rotatable bonds is 5. The van der Waals surface area contributed by atoms with Crippen LogP contribution in [0.4, 0.5) is 14.5 Å². The second kappa shape index (κ2) is 7.59. The number of benzene rings is 2. The lowest BCUT2D eigenvalue weighted by Gasteiger charge is -2.23. The standard InChI is InChI=1S/C24H17F2N7O4/c25-24(26)36-17-6-4-14(8-18(17)37-24)33(13-2-3-13)19(34)9-32-23(35)22-21(29-11-30-22)20(31-32)12-1-5-15-16(7-12)28-10-27-15/h1,4-8,10-11,13H,2-3,9H2,(H,27,28)(H,29,30). The van der Waals surface area contributed by atoms with Crippen LogP contribution in [0.2, 0.25) is 0 Å². The first-order chi connectivity index (χ1) is 17.9. The molecule has 4 heterocycles. The van der Waals surface area contributed by atoms with Gasteiger partial charge in [0.25, 0.3) is 5.56 Å². The summed E-state index contributed by atoms with van der Waals surface area (Å²) in [4.78, 5) is 42.5. The molecule has 5 aromatic rings. The summed E-state index contributed by atoms with van der Waals surface area (Å²) >= 11 is 0. The molecule has 37 heavy (non-hydrogen) atoms. The average Bonchev–Trinajstić information content (AvgIpc) is 3.26. The van der Waals surface area contributed by atoms with Crippen LogP contribution in [0.25, 0.3) is 33.3 Å². The molecule has 3 aromatic heterocycles. The number of imidazole rings is 2. The number of nitrogens with one attached hydrogen (secondary N) is 2. The van der Waals surface area contributed by atoms with Crippen LogP contribution in [0.15, 0.2) is 53.8 Å². The topological polar surface area (TPSA) is 131 Å². The van der Waals surface area contributed by atoms with E-state index >= 15 is 0 Å². The number of anilines is 1. The first kappa shape index (κ1) is 21.5. The van der Waals surface area contributed by atoms with Gasteiger partial charge in [0.1, 0.15) is 23.3 Å². The Hall–Kier alpha value is -4.81. The largest absolute Gasteiger partial charge is 0.586 e. The Morgan fingerprint density at radius 1 is 1.08 bits per heavy atom. The number of ether oxygens (including phenoxy) is 2. The van der Waals surface area contributed by atoms with E-state index in [1.807, 2.05) is 18.2 Å². The highest BCUT2D eigenvalue weighted by atomic mass is 19.3. The highest BCUT2D eigenvalue weighted by molar-refractivity contribution is 5.95. The Morgan fingerprint density at radius 2 is 1.89 bits per heavy atom. The summed E-state index contributed by atoms with van der Waals surface area (Å²) in [5.41, 5.74) is 3.11. The second-order valence-electron chi connectivity index (χ2n) is 8.87. The van der Waals surface area contributed by atoms with E-state index in [4.69, 9.17) is 0 Å². The third-order valence-corrected chi connectivity index (χ3v) is 6.36. The summed E-state index contributed by atoms with van der Waals surface area (Å²) < 4.78 is 37.1. The molecule has 0 saturated heterocycles. The molecule has 0 radical (unpaired) electrons. The third-order valence-electron chi connectivity index (χ3n) is 6.36. The molecule has 2 N–H and O–H groups in total. The number of nitrogens with zero attached hydrogens (tertiary/aromatic N) is 5. The number of alkyl halides is 2. The summed E-state index contributed by atoms with van der Waals surface area (Å²) in [6.07, 6.45) is 0.704. The van der Waals surface area contributed by atoms with Crippen molar-refractivity contribution in [2.75, 3.05) is 4.90 Å². The van der Waals surface area contributed by atoms with Crippen LogP contribution in [-0.4, -0.2) is 48.0 Å². The summed E-state index contributed by atoms with van der Waals surface area (Å²) in [5.74, 6) is -0.693.